The van der Waals surface area contributed by atoms with Crippen molar-refractivity contribution in [3.63, 3.8) is 0 Å². The zero-order chi connectivity index (χ0) is 18.9. The summed E-state index contributed by atoms with van der Waals surface area (Å²) in [5.74, 6) is 0.672. The van der Waals surface area contributed by atoms with Crippen molar-refractivity contribution in [2.45, 2.75) is 20.4 Å². The molecule has 2 rings (SSSR count). The lowest BCUT2D eigenvalue weighted by atomic mass is 9.99. The van der Waals surface area contributed by atoms with Gasteiger partial charge in [-0.25, -0.2) is 0 Å². The van der Waals surface area contributed by atoms with E-state index in [0.717, 1.165) is 35.0 Å². The number of carbonyl (C=O) groups excluding carboxylic acids is 2. The fourth-order valence-electron chi connectivity index (χ4n) is 2.93. The second-order valence-corrected chi connectivity index (χ2v) is 6.18. The predicted octanol–water partition coefficient (Wildman–Crippen LogP) is 3.13. The predicted molar refractivity (Wildman–Crippen MR) is 103 cm³/mol. The number of aldehydes is 2. The average molecular weight is 352 g/mol. The van der Waals surface area contributed by atoms with E-state index in [1.54, 1.807) is 0 Å². The first-order valence-corrected chi connectivity index (χ1v) is 8.46. The minimum absolute atomic E-state index is 0.0475. The van der Waals surface area contributed by atoms with Crippen LogP contribution in [-0.4, -0.2) is 43.4 Å². The van der Waals surface area contributed by atoms with E-state index >= 15 is 0 Å². The van der Waals surface area contributed by atoms with Crippen LogP contribution in [0.4, 0.5) is 0 Å². The fourth-order valence-corrected chi connectivity index (χ4v) is 2.93. The van der Waals surface area contributed by atoms with Crippen molar-refractivity contribution in [2.75, 3.05) is 20.2 Å². The van der Waals surface area contributed by atoms with E-state index in [1.165, 1.54) is 11.6 Å². The molecular formula is C21H24N2O3. The van der Waals surface area contributed by atoms with Gasteiger partial charge in [0.1, 0.15) is 18.6 Å². The first-order valence-electron chi connectivity index (χ1n) is 8.46. The Labute approximate surface area is 154 Å². The van der Waals surface area contributed by atoms with Gasteiger partial charge in [0, 0.05) is 31.1 Å². The van der Waals surface area contributed by atoms with Crippen LogP contribution in [0.25, 0.3) is 0 Å². The van der Waals surface area contributed by atoms with Gasteiger partial charge in [-0.15, -0.1) is 0 Å². The minimum atomic E-state index is 0.0475. The van der Waals surface area contributed by atoms with Gasteiger partial charge in [-0.1, -0.05) is 12.1 Å². The fraction of sp³-hybridized carbons (Fsp3) is 0.286. The summed E-state index contributed by atoms with van der Waals surface area (Å²) in [4.78, 5) is 27.7. The van der Waals surface area contributed by atoms with E-state index in [-0.39, 0.29) is 6.61 Å². The van der Waals surface area contributed by atoms with Gasteiger partial charge in [-0.2, -0.15) is 0 Å². The van der Waals surface area contributed by atoms with Crippen LogP contribution in [0.2, 0.25) is 0 Å². The number of rotatable bonds is 9. The van der Waals surface area contributed by atoms with E-state index in [4.69, 9.17) is 4.74 Å². The summed E-state index contributed by atoms with van der Waals surface area (Å²) in [5.41, 5.74) is 5.31. The number of hydrogen-bond acceptors (Lipinski definition) is 5. The van der Waals surface area contributed by atoms with Gasteiger partial charge in [-0.3, -0.25) is 14.6 Å². The van der Waals surface area contributed by atoms with Crippen LogP contribution in [0.15, 0.2) is 64.3 Å². The number of carbonyl (C=O) groups is 2. The molecule has 0 aliphatic carbocycles. The third kappa shape index (κ3) is 5.28. The molecule has 0 unspecified atom stereocenters. The molecule has 1 heterocycles. The number of aliphatic imine (C=N–C) groups is 1. The smallest absolute Gasteiger partial charge is 0.157 e. The van der Waals surface area contributed by atoms with Gasteiger partial charge in [-0.05, 0) is 54.8 Å². The highest BCUT2D eigenvalue weighted by Crippen LogP contribution is 2.24. The summed E-state index contributed by atoms with van der Waals surface area (Å²) in [6.07, 6.45) is 6.84. The highest BCUT2D eigenvalue weighted by molar-refractivity contribution is 6.05. The highest BCUT2D eigenvalue weighted by Gasteiger charge is 2.16. The molecule has 0 radical (unpaired) electrons. The number of allylic oxidation sites excluding steroid dienone is 4. The summed E-state index contributed by atoms with van der Waals surface area (Å²) in [6.45, 7) is 5.46. The molecule has 0 saturated carbocycles. The monoisotopic (exact) mass is 352 g/mol. The molecule has 1 aliphatic heterocycles. The van der Waals surface area contributed by atoms with Crippen LogP contribution < -0.4 is 4.74 Å². The quantitative estimate of drug-likeness (QED) is 0.389. The molecule has 0 amide bonds. The Morgan fingerprint density at radius 1 is 1.31 bits per heavy atom. The highest BCUT2D eigenvalue weighted by atomic mass is 16.5. The Morgan fingerprint density at radius 3 is 2.77 bits per heavy atom. The minimum Gasteiger partial charge on any atom is -0.486 e. The molecule has 0 spiro atoms. The number of ether oxygens (including phenoxy) is 1. The van der Waals surface area contributed by atoms with Crippen molar-refractivity contribution in [2.24, 2.45) is 4.99 Å². The molecule has 0 atom stereocenters. The molecule has 0 bridgehead atoms. The molecule has 0 N–H and O–H groups in total. The van der Waals surface area contributed by atoms with Crippen LogP contribution in [-0.2, 0) is 16.1 Å². The molecule has 5 heteroatoms. The first kappa shape index (κ1) is 19.4. The summed E-state index contributed by atoms with van der Waals surface area (Å²) in [7, 11) is 1.98. The van der Waals surface area contributed by atoms with E-state index in [0.29, 0.717) is 18.8 Å². The van der Waals surface area contributed by atoms with Crippen LogP contribution in [0.3, 0.4) is 0 Å². The van der Waals surface area contributed by atoms with Gasteiger partial charge < -0.3 is 9.64 Å². The van der Waals surface area contributed by atoms with Crippen molar-refractivity contribution in [3.8, 4) is 5.75 Å². The Balaban J connectivity index is 2.20. The Kier molecular flexibility index (Phi) is 7.09. The Hall–Kier alpha value is -2.95. The van der Waals surface area contributed by atoms with Crippen molar-refractivity contribution in [3.05, 3.63) is 64.9 Å². The largest absolute Gasteiger partial charge is 0.486 e. The summed E-state index contributed by atoms with van der Waals surface area (Å²) in [5, 5.41) is 0. The standard InChI is InChI=1S/C21H24N2O3/c1-16-13-22-17(2)21(16)19(7-5-9-24)15-23(3)14-18-6-4-8-20(12-18)26-11-10-25/h4-10,12,15H,11,13-14H2,1-3H3/b7-5?,19-15+. The number of benzene rings is 1. The lowest BCUT2D eigenvalue weighted by Gasteiger charge is -2.18. The maximum absolute atomic E-state index is 10.8. The van der Waals surface area contributed by atoms with Crippen molar-refractivity contribution in [1.82, 2.24) is 4.90 Å². The van der Waals surface area contributed by atoms with Gasteiger partial charge in [0.05, 0.1) is 6.54 Å². The molecule has 1 aromatic carbocycles. The zero-order valence-corrected chi connectivity index (χ0v) is 15.4. The molecule has 26 heavy (non-hydrogen) atoms. The molecule has 0 saturated heterocycles. The maximum Gasteiger partial charge on any atom is 0.157 e. The molecule has 0 aromatic heterocycles. The molecule has 1 aliphatic rings. The Morgan fingerprint density at radius 2 is 2.12 bits per heavy atom. The van der Waals surface area contributed by atoms with Crippen molar-refractivity contribution >= 4 is 18.3 Å². The average Bonchev–Trinajstić information content (AvgIpc) is 2.95. The first-order chi connectivity index (χ1) is 12.5. The van der Waals surface area contributed by atoms with Crippen LogP contribution in [0.1, 0.15) is 19.4 Å². The molecule has 5 nitrogen and oxygen atoms in total. The SMILES string of the molecule is CC1=NCC(C)=C1/C(C=CC=O)=C/N(C)Cc1cccc(OCC=O)c1. The molecular weight excluding hydrogens is 328 g/mol. The lowest BCUT2D eigenvalue weighted by molar-refractivity contribution is -0.109. The normalized spacial score (nSPS) is 14.6. The summed E-state index contributed by atoms with van der Waals surface area (Å²) < 4.78 is 5.35. The third-order valence-corrected chi connectivity index (χ3v) is 3.99. The van der Waals surface area contributed by atoms with E-state index in [2.05, 4.69) is 16.8 Å². The van der Waals surface area contributed by atoms with E-state index in [1.807, 2.05) is 50.5 Å². The molecule has 136 valence electrons. The van der Waals surface area contributed by atoms with Crippen LogP contribution >= 0.6 is 0 Å². The second-order valence-electron chi connectivity index (χ2n) is 6.18. The molecule has 0 fully saturated rings. The van der Waals surface area contributed by atoms with Gasteiger partial charge in [0.2, 0.25) is 0 Å². The van der Waals surface area contributed by atoms with E-state index < -0.39 is 0 Å². The van der Waals surface area contributed by atoms with Crippen molar-refractivity contribution < 1.29 is 14.3 Å². The van der Waals surface area contributed by atoms with Gasteiger partial charge in [0.15, 0.2) is 6.29 Å². The zero-order valence-electron chi connectivity index (χ0n) is 15.4. The Bertz CT molecular complexity index is 788. The summed E-state index contributed by atoms with van der Waals surface area (Å²) in [6, 6.07) is 7.65. The number of hydrogen-bond donors (Lipinski definition) is 0. The second kappa shape index (κ2) is 9.51. The van der Waals surface area contributed by atoms with Crippen LogP contribution in [0.5, 0.6) is 5.75 Å². The van der Waals surface area contributed by atoms with Crippen LogP contribution in [0, 0.1) is 0 Å². The summed E-state index contributed by atoms with van der Waals surface area (Å²) >= 11 is 0. The van der Waals surface area contributed by atoms with E-state index in [9.17, 15) is 9.59 Å². The maximum atomic E-state index is 10.8. The van der Waals surface area contributed by atoms with Gasteiger partial charge >= 0.3 is 0 Å². The molecule has 1 aromatic rings. The van der Waals surface area contributed by atoms with Crippen molar-refractivity contribution in [1.29, 1.82) is 0 Å². The number of nitrogens with zero attached hydrogens (tertiary/aromatic N) is 2. The third-order valence-electron chi connectivity index (χ3n) is 3.99. The lowest BCUT2D eigenvalue weighted by Crippen LogP contribution is -2.12. The van der Waals surface area contributed by atoms with Gasteiger partial charge in [0.25, 0.3) is 0 Å². The topological polar surface area (TPSA) is 59.0 Å².